The van der Waals surface area contributed by atoms with Crippen molar-refractivity contribution in [3.8, 4) is 22.4 Å². The minimum Gasteiger partial charge on any atom is -0.382 e. The lowest BCUT2D eigenvalue weighted by atomic mass is 9.96. The van der Waals surface area contributed by atoms with Crippen molar-refractivity contribution in [1.29, 1.82) is 0 Å². The largest absolute Gasteiger partial charge is 0.382 e. The van der Waals surface area contributed by atoms with Crippen LogP contribution in [0.5, 0.6) is 0 Å². The van der Waals surface area contributed by atoms with Crippen LogP contribution in [0, 0.1) is 11.6 Å². The highest BCUT2D eigenvalue weighted by atomic mass is 19.1. The van der Waals surface area contributed by atoms with Gasteiger partial charge in [0.1, 0.15) is 11.6 Å². The lowest BCUT2D eigenvalue weighted by Gasteiger charge is -2.07. The van der Waals surface area contributed by atoms with Crippen molar-refractivity contribution >= 4 is 11.6 Å². The summed E-state index contributed by atoms with van der Waals surface area (Å²) in [4.78, 5) is 17.1. The number of ketones is 1. The maximum absolute atomic E-state index is 14.2. The van der Waals surface area contributed by atoms with E-state index in [-0.39, 0.29) is 22.6 Å². The van der Waals surface area contributed by atoms with E-state index in [9.17, 15) is 13.6 Å². The number of H-pyrrole nitrogens is 1. The summed E-state index contributed by atoms with van der Waals surface area (Å²) in [5.41, 5.74) is 8.12. The molecule has 0 atom stereocenters. The number of nitrogens with one attached hydrogen (secondary N) is 1. The predicted octanol–water partition coefficient (Wildman–Crippen LogP) is 4.23. The molecule has 0 spiro atoms. The van der Waals surface area contributed by atoms with Crippen LogP contribution in [-0.2, 0) is 0 Å². The zero-order chi connectivity index (χ0) is 19.7. The summed E-state index contributed by atoms with van der Waals surface area (Å²) in [6.45, 7) is 0. The summed E-state index contributed by atoms with van der Waals surface area (Å²) in [6.07, 6.45) is 3.32. The third-order valence-electron chi connectivity index (χ3n) is 4.36. The third-order valence-corrected chi connectivity index (χ3v) is 4.36. The average molecular weight is 376 g/mol. The number of aromatic amines is 1. The van der Waals surface area contributed by atoms with E-state index in [1.54, 1.807) is 30.6 Å². The van der Waals surface area contributed by atoms with Gasteiger partial charge in [-0.1, -0.05) is 18.2 Å². The first-order valence-electron chi connectivity index (χ1n) is 8.39. The van der Waals surface area contributed by atoms with Gasteiger partial charge in [0.2, 0.25) is 0 Å². The first-order chi connectivity index (χ1) is 13.5. The quantitative estimate of drug-likeness (QED) is 0.522. The van der Waals surface area contributed by atoms with E-state index in [0.717, 1.165) is 23.3 Å². The zero-order valence-electron chi connectivity index (χ0n) is 14.5. The lowest BCUT2D eigenvalue weighted by molar-refractivity contribution is 0.104. The molecule has 0 aliphatic heterocycles. The number of aromatic nitrogens is 3. The minimum atomic E-state index is -0.816. The Bertz CT molecular complexity index is 1170. The number of carbonyl (C=O) groups is 1. The molecular formula is C21H14F2N4O. The number of benzene rings is 2. The molecule has 0 amide bonds. The Morgan fingerprint density at radius 1 is 0.964 bits per heavy atom. The van der Waals surface area contributed by atoms with Gasteiger partial charge in [-0.05, 0) is 41.5 Å². The maximum atomic E-state index is 14.2. The number of carbonyl (C=O) groups excluding carboxylic acids is 1. The molecule has 2 aromatic heterocycles. The second kappa shape index (κ2) is 7.03. The Labute approximate surface area is 158 Å². The summed E-state index contributed by atoms with van der Waals surface area (Å²) < 4.78 is 27.5. The van der Waals surface area contributed by atoms with Gasteiger partial charge in [-0.3, -0.25) is 14.9 Å². The van der Waals surface area contributed by atoms with E-state index in [4.69, 9.17) is 5.73 Å². The molecule has 5 nitrogen and oxygen atoms in total. The maximum Gasteiger partial charge on any atom is 0.199 e. The van der Waals surface area contributed by atoms with Crippen LogP contribution in [0.25, 0.3) is 22.4 Å². The summed E-state index contributed by atoms with van der Waals surface area (Å²) in [5.74, 6) is -2.01. The van der Waals surface area contributed by atoms with E-state index < -0.39 is 17.4 Å². The second-order valence-electron chi connectivity index (χ2n) is 6.13. The lowest BCUT2D eigenvalue weighted by Crippen LogP contribution is -2.06. The van der Waals surface area contributed by atoms with Crippen molar-refractivity contribution in [3.63, 3.8) is 0 Å². The first kappa shape index (κ1) is 17.5. The SMILES string of the molecule is Nc1n[nH]c(-c2ccc(F)cc2F)c1C(=O)c1cccc(-c2ccncc2)c1. The Balaban J connectivity index is 1.79. The molecule has 0 aliphatic rings. The van der Waals surface area contributed by atoms with Gasteiger partial charge < -0.3 is 5.73 Å². The molecule has 0 aliphatic carbocycles. The third kappa shape index (κ3) is 3.14. The summed E-state index contributed by atoms with van der Waals surface area (Å²) >= 11 is 0. The Kier molecular flexibility index (Phi) is 4.41. The standard InChI is InChI=1S/C21H14F2N4O/c22-15-4-5-16(17(23)11-15)19-18(21(24)27-26-19)20(28)14-3-1-2-13(10-14)12-6-8-25-9-7-12/h1-11H,(H3,24,26,27). The summed E-state index contributed by atoms with van der Waals surface area (Å²) in [7, 11) is 0. The number of rotatable bonds is 4. The van der Waals surface area contributed by atoms with E-state index >= 15 is 0 Å². The van der Waals surface area contributed by atoms with E-state index in [1.807, 2.05) is 18.2 Å². The highest BCUT2D eigenvalue weighted by Crippen LogP contribution is 2.30. The average Bonchev–Trinajstić information content (AvgIpc) is 3.09. The Morgan fingerprint density at radius 2 is 1.75 bits per heavy atom. The fourth-order valence-corrected chi connectivity index (χ4v) is 3.00. The van der Waals surface area contributed by atoms with E-state index in [2.05, 4.69) is 15.2 Å². The van der Waals surface area contributed by atoms with E-state index in [0.29, 0.717) is 5.56 Å². The molecular weight excluding hydrogens is 362 g/mol. The van der Waals surface area contributed by atoms with Crippen molar-refractivity contribution in [3.05, 3.63) is 89.8 Å². The summed E-state index contributed by atoms with van der Waals surface area (Å²) in [6, 6.07) is 13.7. The molecule has 4 aromatic rings. The van der Waals surface area contributed by atoms with Crippen LogP contribution in [0.2, 0.25) is 0 Å². The van der Waals surface area contributed by atoms with Crippen LogP contribution < -0.4 is 5.73 Å². The van der Waals surface area contributed by atoms with Crippen LogP contribution in [0.3, 0.4) is 0 Å². The van der Waals surface area contributed by atoms with Gasteiger partial charge in [0, 0.05) is 29.6 Å². The van der Waals surface area contributed by atoms with Crippen LogP contribution in [0.4, 0.5) is 14.6 Å². The van der Waals surface area contributed by atoms with Crippen LogP contribution in [0.1, 0.15) is 15.9 Å². The molecule has 0 radical (unpaired) electrons. The molecule has 0 unspecified atom stereocenters. The highest BCUT2D eigenvalue weighted by molar-refractivity contribution is 6.15. The van der Waals surface area contributed by atoms with Gasteiger partial charge in [-0.25, -0.2) is 8.78 Å². The highest BCUT2D eigenvalue weighted by Gasteiger charge is 2.23. The molecule has 3 N–H and O–H groups in total. The normalized spacial score (nSPS) is 10.8. The number of hydrogen-bond donors (Lipinski definition) is 2. The zero-order valence-corrected chi connectivity index (χ0v) is 14.5. The molecule has 4 rings (SSSR count). The predicted molar refractivity (Wildman–Crippen MR) is 101 cm³/mol. The number of nitrogen functional groups attached to an aromatic ring is 1. The number of halogens is 2. The Hall–Kier alpha value is -3.87. The topological polar surface area (TPSA) is 84.7 Å². The van der Waals surface area contributed by atoms with Gasteiger partial charge in [0.05, 0.1) is 11.3 Å². The monoisotopic (exact) mass is 376 g/mol. The van der Waals surface area contributed by atoms with Gasteiger partial charge in [0.25, 0.3) is 0 Å². The van der Waals surface area contributed by atoms with Crippen LogP contribution in [-0.4, -0.2) is 21.0 Å². The van der Waals surface area contributed by atoms with Crippen molar-refractivity contribution in [2.75, 3.05) is 5.73 Å². The molecule has 28 heavy (non-hydrogen) atoms. The Morgan fingerprint density at radius 3 is 2.50 bits per heavy atom. The number of hydrogen-bond acceptors (Lipinski definition) is 4. The smallest absolute Gasteiger partial charge is 0.199 e. The summed E-state index contributed by atoms with van der Waals surface area (Å²) in [5, 5.41) is 6.43. The molecule has 0 saturated carbocycles. The van der Waals surface area contributed by atoms with Crippen LogP contribution >= 0.6 is 0 Å². The van der Waals surface area contributed by atoms with Crippen molar-refractivity contribution in [2.45, 2.75) is 0 Å². The second-order valence-corrected chi connectivity index (χ2v) is 6.13. The molecule has 0 bridgehead atoms. The van der Waals surface area contributed by atoms with Crippen molar-refractivity contribution in [2.24, 2.45) is 0 Å². The van der Waals surface area contributed by atoms with E-state index in [1.165, 1.54) is 6.07 Å². The first-order valence-corrected chi connectivity index (χ1v) is 8.39. The molecule has 0 fully saturated rings. The van der Waals surface area contributed by atoms with Crippen LogP contribution in [0.15, 0.2) is 67.0 Å². The molecule has 138 valence electrons. The minimum absolute atomic E-state index is 0.0132. The molecule has 0 saturated heterocycles. The number of nitrogens with zero attached hydrogens (tertiary/aromatic N) is 2. The number of pyridine rings is 1. The van der Waals surface area contributed by atoms with Gasteiger partial charge in [-0.15, -0.1) is 0 Å². The van der Waals surface area contributed by atoms with Gasteiger partial charge in [-0.2, -0.15) is 5.10 Å². The molecule has 7 heteroatoms. The fraction of sp³-hybridized carbons (Fsp3) is 0. The molecule has 2 aromatic carbocycles. The van der Waals surface area contributed by atoms with Gasteiger partial charge >= 0.3 is 0 Å². The fourth-order valence-electron chi connectivity index (χ4n) is 3.00. The van der Waals surface area contributed by atoms with Gasteiger partial charge in [0.15, 0.2) is 11.6 Å². The van der Waals surface area contributed by atoms with Crippen molar-refractivity contribution in [1.82, 2.24) is 15.2 Å². The number of nitrogens with two attached hydrogens (primary N) is 1. The number of anilines is 1. The molecule has 2 heterocycles. The van der Waals surface area contributed by atoms with Crippen molar-refractivity contribution < 1.29 is 13.6 Å².